The fourth-order valence-corrected chi connectivity index (χ4v) is 6.10. The van der Waals surface area contributed by atoms with Crippen LogP contribution < -0.4 is 5.32 Å². The van der Waals surface area contributed by atoms with E-state index >= 15 is 0 Å². The number of amides is 1. The van der Waals surface area contributed by atoms with E-state index in [2.05, 4.69) is 31.3 Å². The number of nitrogens with one attached hydrogen (secondary N) is 1. The number of aliphatic hydroxyl groups excluding tert-OH is 3. The molecule has 1 amide bonds. The van der Waals surface area contributed by atoms with Gasteiger partial charge in [-0.2, -0.15) is 0 Å². The molecule has 0 heterocycles. The minimum atomic E-state index is -0.927. The molecular formula is C41H79NO4. The molecule has 0 rings (SSSR count). The van der Waals surface area contributed by atoms with Crippen LogP contribution in [0, 0.1) is 0 Å². The number of rotatable bonds is 36. The first kappa shape index (κ1) is 44.8. The Balaban J connectivity index is 3.71. The first-order valence-corrected chi connectivity index (χ1v) is 20.1. The van der Waals surface area contributed by atoms with E-state index in [1.54, 1.807) is 6.08 Å². The van der Waals surface area contributed by atoms with Gasteiger partial charge in [-0.3, -0.25) is 4.79 Å². The normalized spacial score (nSPS) is 13.9. The molecule has 272 valence electrons. The zero-order valence-corrected chi connectivity index (χ0v) is 30.7. The van der Waals surface area contributed by atoms with Gasteiger partial charge < -0.3 is 20.6 Å². The zero-order chi connectivity index (χ0) is 33.8. The number of hydrogen-bond donors (Lipinski definition) is 4. The summed E-state index contributed by atoms with van der Waals surface area (Å²) in [6, 6.07) is -0.743. The molecule has 0 radical (unpaired) electrons. The van der Waals surface area contributed by atoms with Gasteiger partial charge in [-0.15, -0.1) is 0 Å². The lowest BCUT2D eigenvalue weighted by atomic mass is 10.0. The summed E-state index contributed by atoms with van der Waals surface area (Å²) in [4.78, 5) is 12.4. The Morgan fingerprint density at radius 2 is 0.913 bits per heavy atom. The Morgan fingerprint density at radius 3 is 1.33 bits per heavy atom. The molecule has 5 heteroatoms. The molecule has 0 aromatic carbocycles. The van der Waals surface area contributed by atoms with E-state index in [-0.39, 0.29) is 18.9 Å². The molecular weight excluding hydrogens is 570 g/mol. The maximum absolute atomic E-state index is 12.4. The van der Waals surface area contributed by atoms with Gasteiger partial charge in [-0.25, -0.2) is 0 Å². The fraction of sp³-hybridized carbons (Fsp3) is 0.878. The van der Waals surface area contributed by atoms with Gasteiger partial charge in [-0.1, -0.05) is 179 Å². The van der Waals surface area contributed by atoms with Crippen LogP contribution >= 0.6 is 0 Å². The van der Waals surface area contributed by atoms with Crippen molar-refractivity contribution in [2.75, 3.05) is 6.61 Å². The van der Waals surface area contributed by atoms with Gasteiger partial charge >= 0.3 is 0 Å². The maximum Gasteiger partial charge on any atom is 0.222 e. The molecule has 0 bridgehead atoms. The highest BCUT2D eigenvalue weighted by atomic mass is 16.3. The van der Waals surface area contributed by atoms with E-state index in [1.165, 1.54) is 141 Å². The molecule has 4 N–H and O–H groups in total. The van der Waals surface area contributed by atoms with E-state index < -0.39 is 18.2 Å². The summed E-state index contributed by atoms with van der Waals surface area (Å²) in [6.07, 6.45) is 43.0. The maximum atomic E-state index is 12.4. The number of carbonyl (C=O) groups excluding carboxylic acids is 1. The summed E-state index contributed by atoms with van der Waals surface area (Å²) < 4.78 is 0. The molecule has 0 aromatic heterocycles. The van der Waals surface area contributed by atoms with E-state index in [1.807, 2.05) is 6.08 Å². The van der Waals surface area contributed by atoms with Crippen molar-refractivity contribution in [1.29, 1.82) is 0 Å². The molecule has 0 aliphatic rings. The van der Waals surface area contributed by atoms with Gasteiger partial charge in [0.1, 0.15) is 0 Å². The zero-order valence-electron chi connectivity index (χ0n) is 30.7. The van der Waals surface area contributed by atoms with E-state index in [0.717, 1.165) is 38.5 Å². The van der Waals surface area contributed by atoms with Crippen LogP contribution in [0.4, 0.5) is 0 Å². The Bertz CT molecular complexity index is 679. The van der Waals surface area contributed by atoms with E-state index in [4.69, 9.17) is 0 Å². The number of hydrogen-bond acceptors (Lipinski definition) is 4. The summed E-state index contributed by atoms with van der Waals surface area (Å²) in [6.45, 7) is 4.20. The number of aliphatic hydroxyl groups is 3. The van der Waals surface area contributed by atoms with Crippen LogP contribution in [-0.4, -0.2) is 46.1 Å². The Labute approximate surface area is 286 Å². The molecule has 3 unspecified atom stereocenters. The van der Waals surface area contributed by atoms with Crippen LogP contribution in [-0.2, 0) is 4.79 Å². The quantitative estimate of drug-likeness (QED) is 0.0401. The van der Waals surface area contributed by atoms with E-state index in [9.17, 15) is 20.1 Å². The van der Waals surface area contributed by atoms with E-state index in [0.29, 0.717) is 6.42 Å². The highest BCUT2D eigenvalue weighted by molar-refractivity contribution is 5.76. The topological polar surface area (TPSA) is 89.8 Å². The van der Waals surface area contributed by atoms with Crippen LogP contribution in [0.15, 0.2) is 24.3 Å². The molecule has 5 nitrogen and oxygen atoms in total. The van der Waals surface area contributed by atoms with Crippen molar-refractivity contribution in [2.24, 2.45) is 0 Å². The van der Waals surface area contributed by atoms with Crippen molar-refractivity contribution in [3.63, 3.8) is 0 Å². The van der Waals surface area contributed by atoms with Crippen molar-refractivity contribution < 1.29 is 20.1 Å². The highest BCUT2D eigenvalue weighted by Crippen LogP contribution is 2.14. The summed E-state index contributed by atoms with van der Waals surface area (Å²) in [5.74, 6) is -0.321. The summed E-state index contributed by atoms with van der Waals surface area (Å²) in [7, 11) is 0. The number of unbranched alkanes of at least 4 members (excludes halogenated alkanes) is 25. The second kappa shape index (κ2) is 36.7. The minimum absolute atomic E-state index is 0.00937. The second-order valence-electron chi connectivity index (χ2n) is 13.9. The van der Waals surface area contributed by atoms with Gasteiger partial charge in [-0.05, 0) is 44.9 Å². The molecule has 0 aromatic rings. The van der Waals surface area contributed by atoms with Crippen LogP contribution in [0.3, 0.4) is 0 Å². The van der Waals surface area contributed by atoms with Gasteiger partial charge in [0.15, 0.2) is 0 Å². The van der Waals surface area contributed by atoms with Gasteiger partial charge in [0.2, 0.25) is 5.91 Å². The Hall–Kier alpha value is -1.17. The molecule has 46 heavy (non-hydrogen) atoms. The average Bonchev–Trinajstić information content (AvgIpc) is 3.05. The average molecular weight is 650 g/mol. The van der Waals surface area contributed by atoms with Crippen LogP contribution in [0.1, 0.15) is 206 Å². The van der Waals surface area contributed by atoms with Crippen LogP contribution in [0.25, 0.3) is 0 Å². The molecule has 0 saturated heterocycles. The lowest BCUT2D eigenvalue weighted by Gasteiger charge is -2.21. The van der Waals surface area contributed by atoms with Crippen LogP contribution in [0.2, 0.25) is 0 Å². The Morgan fingerprint density at radius 1 is 0.543 bits per heavy atom. The van der Waals surface area contributed by atoms with Gasteiger partial charge in [0.05, 0.1) is 31.3 Å². The van der Waals surface area contributed by atoms with Crippen molar-refractivity contribution in [1.82, 2.24) is 5.32 Å². The molecule has 3 atom stereocenters. The van der Waals surface area contributed by atoms with Crippen molar-refractivity contribution in [3.8, 4) is 0 Å². The van der Waals surface area contributed by atoms with Crippen molar-refractivity contribution in [2.45, 2.75) is 225 Å². The van der Waals surface area contributed by atoms with Crippen molar-refractivity contribution in [3.05, 3.63) is 24.3 Å². The molecule has 0 spiro atoms. The minimum Gasteiger partial charge on any atom is -0.394 e. The first-order chi connectivity index (χ1) is 22.5. The third-order valence-electron chi connectivity index (χ3n) is 9.23. The highest BCUT2D eigenvalue weighted by Gasteiger charge is 2.20. The summed E-state index contributed by atoms with van der Waals surface area (Å²) >= 11 is 0. The fourth-order valence-electron chi connectivity index (χ4n) is 6.10. The number of allylic oxidation sites excluding steroid dienone is 3. The summed E-state index contributed by atoms with van der Waals surface area (Å²) in [5, 5.41) is 33.1. The SMILES string of the molecule is CCCCCCCCCC/C=C\CCCCCCCC(O)CC(=O)NC(CO)C(O)/C=C/CCCCCCCCCCCCCC. The predicted octanol–water partition coefficient (Wildman–Crippen LogP) is 11.0. The molecule has 0 aliphatic carbocycles. The lowest BCUT2D eigenvalue weighted by Crippen LogP contribution is -2.45. The largest absolute Gasteiger partial charge is 0.394 e. The third-order valence-corrected chi connectivity index (χ3v) is 9.23. The van der Waals surface area contributed by atoms with Crippen LogP contribution in [0.5, 0.6) is 0 Å². The standard InChI is InChI=1S/C41H79NO4/c1-3-5-7-9-11-13-15-17-19-20-21-22-24-26-28-30-32-34-38(44)36-41(46)42-39(37-43)40(45)35-33-31-29-27-25-23-18-16-14-12-10-8-6-4-2/h20-21,33,35,38-40,43-45H,3-19,22-32,34,36-37H2,1-2H3,(H,42,46)/b21-20-,35-33+. The molecule has 0 aliphatic heterocycles. The number of carbonyl (C=O) groups is 1. The van der Waals surface area contributed by atoms with Gasteiger partial charge in [0.25, 0.3) is 0 Å². The smallest absolute Gasteiger partial charge is 0.222 e. The second-order valence-corrected chi connectivity index (χ2v) is 13.9. The Kier molecular flexibility index (Phi) is 35.7. The monoisotopic (exact) mass is 650 g/mol. The molecule has 0 fully saturated rings. The lowest BCUT2D eigenvalue weighted by molar-refractivity contribution is -0.124. The summed E-state index contributed by atoms with van der Waals surface area (Å²) in [5.41, 5.74) is 0. The molecule has 0 saturated carbocycles. The predicted molar refractivity (Wildman–Crippen MR) is 199 cm³/mol. The first-order valence-electron chi connectivity index (χ1n) is 20.1. The van der Waals surface area contributed by atoms with Crippen molar-refractivity contribution >= 4 is 5.91 Å². The third kappa shape index (κ3) is 32.8. The van der Waals surface area contributed by atoms with Gasteiger partial charge in [0, 0.05) is 0 Å².